The van der Waals surface area contributed by atoms with Crippen LogP contribution in [0.4, 0.5) is 35.1 Å². The lowest BCUT2D eigenvalue weighted by Crippen LogP contribution is -2.12. The molecule has 11 aromatic rings. The highest BCUT2D eigenvalue weighted by atomic mass is 19.3. The summed E-state index contributed by atoms with van der Waals surface area (Å²) < 4.78 is 115. The zero-order valence-corrected chi connectivity index (χ0v) is 36.1. The second-order valence-corrected chi connectivity index (χ2v) is 15.7. The number of aromatic nitrogens is 11. The third kappa shape index (κ3) is 7.75. The Balaban J connectivity index is 0.000000162. The van der Waals surface area contributed by atoms with E-state index in [1.807, 2.05) is 0 Å². The zero-order chi connectivity index (χ0) is 49.1. The van der Waals surface area contributed by atoms with Gasteiger partial charge >= 0.3 is 0 Å². The van der Waals surface area contributed by atoms with Crippen molar-refractivity contribution in [3.05, 3.63) is 168 Å². The fourth-order valence-electron chi connectivity index (χ4n) is 8.45. The summed E-state index contributed by atoms with van der Waals surface area (Å²) in [6.45, 7) is 3.36. The largest absolute Gasteiger partial charge is 0.366 e. The monoisotopic (exact) mass is 954 g/mol. The molecule has 4 aromatic carbocycles. The van der Waals surface area contributed by atoms with Gasteiger partial charge in [-0.2, -0.15) is 5.10 Å². The number of aromatic amines is 1. The molecule has 0 saturated carbocycles. The molecule has 0 aliphatic carbocycles. The summed E-state index contributed by atoms with van der Waals surface area (Å²) in [5, 5.41) is 6.65. The lowest BCUT2D eigenvalue weighted by Gasteiger charge is -2.13. The van der Waals surface area contributed by atoms with Gasteiger partial charge in [0.05, 0.1) is 38.7 Å². The molecule has 1 amide bonds. The topological polar surface area (TPSA) is 172 Å². The number of imidazole rings is 2. The summed E-state index contributed by atoms with van der Waals surface area (Å²) in [5.41, 5.74) is 9.18. The Kier molecular flexibility index (Phi) is 11.2. The van der Waals surface area contributed by atoms with Crippen LogP contribution < -0.4 is 5.73 Å². The van der Waals surface area contributed by atoms with Gasteiger partial charge < -0.3 is 5.73 Å². The molecule has 70 heavy (non-hydrogen) atoms. The third-order valence-corrected chi connectivity index (χ3v) is 11.5. The van der Waals surface area contributed by atoms with E-state index in [-0.39, 0.29) is 44.3 Å². The maximum absolute atomic E-state index is 15.0. The summed E-state index contributed by atoms with van der Waals surface area (Å²) in [5.74, 6) is -2.20. The number of carbonyl (C=O) groups excluding carboxylic acids is 1. The minimum Gasteiger partial charge on any atom is -0.366 e. The van der Waals surface area contributed by atoms with E-state index in [2.05, 4.69) is 40.1 Å². The molecule has 3 N–H and O–H groups in total. The number of carbonyl (C=O) groups is 1. The standard InChI is InChI=1S/C25H15F4N7.C24H15F4N5O/c1-12-34-22-15(25-32-11-33-35-25)8-14(13-4-6-30-18(9-13)24(28)29)10-20(22)36(12)19-5-7-31-23-17(27)3-2-16(26)21(19)23;1-11-32-21-14(24(29)34)8-13(12-4-6-30-17(9-12)23(27)28)10-19(21)33(11)18-5-7-31-22-16(26)3-2-15(25)20(18)22/h2-11,24H,1H3,(H,32,33,35);2-10,23H,1H3,(H2,29,34). The lowest BCUT2D eigenvalue weighted by atomic mass is 10.0. The Morgan fingerprint density at radius 1 is 0.543 bits per heavy atom. The second-order valence-electron chi connectivity index (χ2n) is 15.7. The number of hydrogen-bond donors (Lipinski definition) is 2. The van der Waals surface area contributed by atoms with E-state index in [9.17, 15) is 39.9 Å². The van der Waals surface area contributed by atoms with Gasteiger partial charge in [-0.05, 0) is 121 Å². The van der Waals surface area contributed by atoms with Gasteiger partial charge in [-0.15, -0.1) is 0 Å². The molecule has 7 aromatic heterocycles. The third-order valence-electron chi connectivity index (χ3n) is 11.5. The smallest absolute Gasteiger partial charge is 0.280 e. The van der Waals surface area contributed by atoms with Crippen molar-refractivity contribution in [2.75, 3.05) is 0 Å². The average Bonchev–Trinajstić information content (AvgIpc) is 4.10. The molecule has 0 fully saturated rings. The van der Waals surface area contributed by atoms with E-state index >= 15 is 0 Å². The number of primary amides is 1. The van der Waals surface area contributed by atoms with Crippen LogP contribution in [0.3, 0.4) is 0 Å². The van der Waals surface area contributed by atoms with Crippen LogP contribution in [0.1, 0.15) is 46.2 Å². The van der Waals surface area contributed by atoms with Crippen LogP contribution in [0.25, 0.3) is 88.9 Å². The number of hydrogen-bond acceptors (Lipinski definition) is 9. The number of nitrogens with zero attached hydrogens (tertiary/aromatic N) is 10. The number of nitrogens with one attached hydrogen (secondary N) is 1. The number of fused-ring (bicyclic) bond motifs is 4. The quantitative estimate of drug-likeness (QED) is 0.141. The summed E-state index contributed by atoms with van der Waals surface area (Å²) in [6, 6.07) is 19.4. The van der Waals surface area contributed by atoms with Gasteiger partial charge in [-0.3, -0.25) is 39.0 Å². The normalized spacial score (nSPS) is 11.7. The maximum atomic E-state index is 15.0. The molecular weight excluding hydrogens is 925 g/mol. The minimum atomic E-state index is -2.78. The van der Waals surface area contributed by atoms with E-state index in [0.29, 0.717) is 67.5 Å². The van der Waals surface area contributed by atoms with Gasteiger partial charge in [0.2, 0.25) is 0 Å². The number of H-pyrrole nitrogens is 1. The average molecular weight is 955 g/mol. The Hall–Kier alpha value is -9.01. The van der Waals surface area contributed by atoms with Crippen molar-refractivity contribution in [3.8, 4) is 45.0 Å². The Bertz CT molecular complexity index is 3880. The molecule has 13 nitrogen and oxygen atoms in total. The molecule has 7 heterocycles. The summed E-state index contributed by atoms with van der Waals surface area (Å²) in [4.78, 5) is 41.0. The number of amides is 1. The predicted molar refractivity (Wildman–Crippen MR) is 242 cm³/mol. The first-order valence-electron chi connectivity index (χ1n) is 20.8. The number of alkyl halides is 4. The SMILES string of the molecule is Cc1nc2c(-c3ncn[nH]3)cc(-c3ccnc(C(F)F)c3)cc2n1-c1ccnc2c(F)ccc(F)c12.Cc1nc2c(C(N)=O)cc(-c3ccnc(C(F)F)c3)cc2n1-c1ccnc2c(F)ccc(F)c12. The van der Waals surface area contributed by atoms with Crippen molar-refractivity contribution in [1.29, 1.82) is 0 Å². The molecule has 348 valence electrons. The van der Waals surface area contributed by atoms with Gasteiger partial charge in [-0.25, -0.2) is 50.1 Å². The Labute approximate surface area is 388 Å². The first kappa shape index (κ1) is 44.8. The molecule has 0 atom stereocenters. The van der Waals surface area contributed by atoms with Crippen molar-refractivity contribution in [3.63, 3.8) is 0 Å². The van der Waals surface area contributed by atoms with Crippen LogP contribution in [0.2, 0.25) is 0 Å². The highest BCUT2D eigenvalue weighted by Crippen LogP contribution is 2.38. The van der Waals surface area contributed by atoms with Crippen molar-refractivity contribution in [1.82, 2.24) is 54.2 Å². The fraction of sp³-hybridized carbons (Fsp3) is 0.0816. The van der Waals surface area contributed by atoms with Crippen LogP contribution in [0.15, 0.2) is 116 Å². The summed E-state index contributed by atoms with van der Waals surface area (Å²) in [7, 11) is 0. The molecule has 0 aliphatic heterocycles. The van der Waals surface area contributed by atoms with Gasteiger partial charge in [-0.1, -0.05) is 0 Å². The second kappa shape index (κ2) is 17.6. The molecule has 0 aliphatic rings. The number of halogens is 8. The van der Waals surface area contributed by atoms with Crippen molar-refractivity contribution < 1.29 is 39.9 Å². The molecule has 0 saturated heterocycles. The number of nitrogens with two attached hydrogens (primary N) is 1. The van der Waals surface area contributed by atoms with Crippen LogP contribution in [0, 0.1) is 37.1 Å². The molecule has 0 unspecified atom stereocenters. The number of benzene rings is 4. The summed E-state index contributed by atoms with van der Waals surface area (Å²) in [6.07, 6.45) is 1.10. The highest BCUT2D eigenvalue weighted by molar-refractivity contribution is 6.07. The molecule has 0 radical (unpaired) electrons. The fourth-order valence-corrected chi connectivity index (χ4v) is 8.45. The Morgan fingerprint density at radius 3 is 1.50 bits per heavy atom. The van der Waals surface area contributed by atoms with Crippen molar-refractivity contribution >= 4 is 49.8 Å². The maximum Gasteiger partial charge on any atom is 0.280 e. The number of pyridine rings is 4. The van der Waals surface area contributed by atoms with Gasteiger partial charge in [0.1, 0.15) is 74.7 Å². The number of rotatable bonds is 8. The van der Waals surface area contributed by atoms with Crippen molar-refractivity contribution in [2.45, 2.75) is 26.7 Å². The minimum absolute atomic E-state index is 0.00424. The molecule has 0 spiro atoms. The highest BCUT2D eigenvalue weighted by Gasteiger charge is 2.24. The molecule has 21 heteroatoms. The van der Waals surface area contributed by atoms with Crippen LogP contribution in [-0.4, -0.2) is 60.1 Å². The van der Waals surface area contributed by atoms with Crippen LogP contribution in [-0.2, 0) is 0 Å². The molecular formula is C49H30F8N12O. The number of aryl methyl sites for hydroxylation is 2. The van der Waals surface area contributed by atoms with Crippen molar-refractivity contribution in [2.24, 2.45) is 5.73 Å². The first-order chi connectivity index (χ1) is 33.7. The molecule has 11 rings (SSSR count). The lowest BCUT2D eigenvalue weighted by molar-refractivity contribution is 0.100. The predicted octanol–water partition coefficient (Wildman–Crippen LogP) is 11.2. The van der Waals surface area contributed by atoms with Gasteiger partial charge in [0, 0.05) is 30.4 Å². The zero-order valence-electron chi connectivity index (χ0n) is 36.1. The van der Waals surface area contributed by atoms with Crippen LogP contribution in [0.5, 0.6) is 0 Å². The van der Waals surface area contributed by atoms with E-state index < -0.39 is 47.7 Å². The Morgan fingerprint density at radius 2 is 1.01 bits per heavy atom. The van der Waals surface area contributed by atoms with E-state index in [1.54, 1.807) is 53.3 Å². The summed E-state index contributed by atoms with van der Waals surface area (Å²) >= 11 is 0. The molecule has 0 bridgehead atoms. The van der Waals surface area contributed by atoms with Gasteiger partial charge in [0.15, 0.2) is 5.82 Å². The van der Waals surface area contributed by atoms with Crippen LogP contribution >= 0.6 is 0 Å². The van der Waals surface area contributed by atoms with E-state index in [1.165, 1.54) is 61.4 Å². The van der Waals surface area contributed by atoms with E-state index in [0.717, 1.165) is 24.3 Å². The van der Waals surface area contributed by atoms with Gasteiger partial charge in [0.25, 0.3) is 18.8 Å². The van der Waals surface area contributed by atoms with E-state index in [4.69, 9.17) is 10.7 Å². The first-order valence-corrected chi connectivity index (χ1v) is 20.8.